The highest BCUT2D eigenvalue weighted by atomic mass is 16.1. The fourth-order valence-corrected chi connectivity index (χ4v) is 2.72. The van der Waals surface area contributed by atoms with E-state index in [1.54, 1.807) is 0 Å². The molecule has 2 aliphatic rings. The summed E-state index contributed by atoms with van der Waals surface area (Å²) in [4.78, 5) is 11.5. The number of carbonyl (C=O) groups is 1. The Morgan fingerprint density at radius 1 is 1.18 bits per heavy atom. The van der Waals surface area contributed by atoms with Gasteiger partial charge in [-0.15, -0.1) is 0 Å². The first kappa shape index (κ1) is 12.9. The maximum Gasteiger partial charge on any atom is 0.221 e. The van der Waals surface area contributed by atoms with Crippen molar-refractivity contribution in [2.24, 2.45) is 11.8 Å². The van der Waals surface area contributed by atoms with Gasteiger partial charge in [-0.05, 0) is 37.5 Å². The molecule has 17 heavy (non-hydrogen) atoms. The third kappa shape index (κ3) is 4.30. The molecular formula is C14H26N2O. The Kier molecular flexibility index (Phi) is 4.43. The minimum Gasteiger partial charge on any atom is -0.353 e. The number of nitrogens with one attached hydrogen (secondary N) is 2. The largest absolute Gasteiger partial charge is 0.353 e. The molecule has 0 spiro atoms. The van der Waals surface area contributed by atoms with Crippen molar-refractivity contribution >= 4 is 5.91 Å². The van der Waals surface area contributed by atoms with E-state index in [1.165, 1.54) is 32.1 Å². The highest BCUT2D eigenvalue weighted by molar-refractivity contribution is 5.76. The minimum absolute atomic E-state index is 0.219. The normalized spacial score (nSPS) is 33.4. The Bertz CT molecular complexity index is 263. The predicted molar refractivity (Wildman–Crippen MR) is 69.8 cm³/mol. The van der Waals surface area contributed by atoms with Gasteiger partial charge in [0, 0.05) is 25.0 Å². The lowest BCUT2D eigenvalue weighted by molar-refractivity contribution is -0.121. The molecule has 3 nitrogen and oxygen atoms in total. The molecule has 0 saturated heterocycles. The Hall–Kier alpha value is -0.570. The lowest BCUT2D eigenvalue weighted by Crippen LogP contribution is -2.41. The smallest absolute Gasteiger partial charge is 0.221 e. The van der Waals surface area contributed by atoms with Gasteiger partial charge >= 0.3 is 0 Å². The van der Waals surface area contributed by atoms with Crippen LogP contribution in [0.5, 0.6) is 0 Å². The van der Waals surface area contributed by atoms with Crippen molar-refractivity contribution in [1.82, 2.24) is 10.6 Å². The van der Waals surface area contributed by atoms with Crippen LogP contribution in [0.2, 0.25) is 0 Å². The lowest BCUT2D eigenvalue weighted by atomic mass is 9.80. The van der Waals surface area contributed by atoms with E-state index in [0.29, 0.717) is 18.5 Å². The second-order valence-electron chi connectivity index (χ2n) is 6.05. The summed E-state index contributed by atoms with van der Waals surface area (Å²) in [6.45, 7) is 5.49. The summed E-state index contributed by atoms with van der Waals surface area (Å²) in [7, 11) is 0. The van der Waals surface area contributed by atoms with Gasteiger partial charge < -0.3 is 10.6 Å². The van der Waals surface area contributed by atoms with Gasteiger partial charge in [0.15, 0.2) is 0 Å². The molecule has 0 aromatic carbocycles. The van der Waals surface area contributed by atoms with Crippen LogP contribution in [0.25, 0.3) is 0 Å². The molecule has 98 valence electrons. The second kappa shape index (κ2) is 5.85. The summed E-state index contributed by atoms with van der Waals surface area (Å²) in [5.41, 5.74) is 0. The van der Waals surface area contributed by atoms with Crippen LogP contribution in [0.15, 0.2) is 0 Å². The zero-order valence-corrected chi connectivity index (χ0v) is 11.2. The predicted octanol–water partition coefficient (Wildman–Crippen LogP) is 2.07. The van der Waals surface area contributed by atoms with Crippen LogP contribution in [-0.2, 0) is 4.79 Å². The van der Waals surface area contributed by atoms with E-state index >= 15 is 0 Å². The molecule has 3 heteroatoms. The molecule has 0 aliphatic heterocycles. The van der Waals surface area contributed by atoms with Gasteiger partial charge in [0.1, 0.15) is 0 Å². The molecule has 2 saturated carbocycles. The fraction of sp³-hybridized carbons (Fsp3) is 0.929. The van der Waals surface area contributed by atoms with Crippen molar-refractivity contribution in [2.75, 3.05) is 6.54 Å². The first-order chi connectivity index (χ1) is 8.15. The summed E-state index contributed by atoms with van der Waals surface area (Å²) in [5.74, 6) is 1.82. The van der Waals surface area contributed by atoms with Gasteiger partial charge in [-0.25, -0.2) is 0 Å². The number of carbonyl (C=O) groups excluding carboxylic acids is 1. The second-order valence-corrected chi connectivity index (χ2v) is 6.05. The summed E-state index contributed by atoms with van der Waals surface area (Å²) in [5, 5.41) is 6.60. The molecule has 0 aromatic rings. The maximum absolute atomic E-state index is 11.5. The summed E-state index contributed by atoms with van der Waals surface area (Å²) in [6.07, 6.45) is 6.95. The van der Waals surface area contributed by atoms with Crippen molar-refractivity contribution in [2.45, 2.75) is 64.5 Å². The van der Waals surface area contributed by atoms with Crippen molar-refractivity contribution in [1.29, 1.82) is 0 Å². The third-order valence-electron chi connectivity index (χ3n) is 4.16. The standard InChI is InChI=1S/C14H26N2O/c1-10-3-4-11(2)13(9-10)15-8-7-14(17)16-12-5-6-12/h10-13,15H,3-9H2,1-2H3,(H,16,17). The molecule has 3 atom stereocenters. The average molecular weight is 238 g/mol. The molecule has 2 aliphatic carbocycles. The number of hydrogen-bond donors (Lipinski definition) is 2. The Labute approximate surface area is 105 Å². The number of amides is 1. The molecule has 2 N–H and O–H groups in total. The van der Waals surface area contributed by atoms with Gasteiger partial charge in [0.2, 0.25) is 5.91 Å². The van der Waals surface area contributed by atoms with Crippen molar-refractivity contribution < 1.29 is 4.79 Å². The van der Waals surface area contributed by atoms with Crippen LogP contribution in [-0.4, -0.2) is 24.5 Å². The topological polar surface area (TPSA) is 41.1 Å². The van der Waals surface area contributed by atoms with E-state index in [-0.39, 0.29) is 5.91 Å². The summed E-state index contributed by atoms with van der Waals surface area (Å²) >= 11 is 0. The average Bonchev–Trinajstić information content (AvgIpc) is 3.07. The van der Waals surface area contributed by atoms with Gasteiger partial charge in [0.05, 0.1) is 0 Å². The van der Waals surface area contributed by atoms with Gasteiger partial charge in [-0.3, -0.25) is 4.79 Å². The first-order valence-electron chi connectivity index (χ1n) is 7.18. The van der Waals surface area contributed by atoms with Crippen LogP contribution in [0.3, 0.4) is 0 Å². The Balaban J connectivity index is 1.61. The summed E-state index contributed by atoms with van der Waals surface area (Å²) in [6, 6.07) is 1.11. The zero-order valence-electron chi connectivity index (χ0n) is 11.2. The van der Waals surface area contributed by atoms with Gasteiger partial charge in [-0.1, -0.05) is 20.3 Å². The Morgan fingerprint density at radius 2 is 1.94 bits per heavy atom. The maximum atomic E-state index is 11.5. The van der Waals surface area contributed by atoms with Crippen LogP contribution in [0.1, 0.15) is 52.4 Å². The van der Waals surface area contributed by atoms with Gasteiger partial charge in [-0.2, -0.15) is 0 Å². The minimum atomic E-state index is 0.219. The zero-order chi connectivity index (χ0) is 12.3. The molecule has 2 fully saturated rings. The molecule has 0 bridgehead atoms. The van der Waals surface area contributed by atoms with E-state index in [0.717, 1.165) is 18.4 Å². The molecule has 0 aromatic heterocycles. The lowest BCUT2D eigenvalue weighted by Gasteiger charge is -2.33. The van der Waals surface area contributed by atoms with E-state index in [1.807, 2.05) is 0 Å². The molecule has 1 amide bonds. The highest BCUT2D eigenvalue weighted by Gasteiger charge is 2.25. The highest BCUT2D eigenvalue weighted by Crippen LogP contribution is 2.28. The third-order valence-corrected chi connectivity index (χ3v) is 4.16. The van der Waals surface area contributed by atoms with Crippen LogP contribution >= 0.6 is 0 Å². The number of rotatable bonds is 5. The van der Waals surface area contributed by atoms with Crippen molar-refractivity contribution in [3.63, 3.8) is 0 Å². The molecule has 3 unspecified atom stereocenters. The Morgan fingerprint density at radius 3 is 2.65 bits per heavy atom. The van der Waals surface area contributed by atoms with Crippen LogP contribution in [0.4, 0.5) is 0 Å². The van der Waals surface area contributed by atoms with Crippen molar-refractivity contribution in [3.05, 3.63) is 0 Å². The van der Waals surface area contributed by atoms with E-state index in [4.69, 9.17) is 0 Å². The number of hydrogen-bond acceptors (Lipinski definition) is 2. The van der Waals surface area contributed by atoms with Crippen LogP contribution < -0.4 is 10.6 Å². The SMILES string of the molecule is CC1CCC(C)C(NCCC(=O)NC2CC2)C1. The van der Waals surface area contributed by atoms with Crippen LogP contribution in [0, 0.1) is 11.8 Å². The molecule has 0 radical (unpaired) electrons. The quantitative estimate of drug-likeness (QED) is 0.770. The summed E-state index contributed by atoms with van der Waals surface area (Å²) < 4.78 is 0. The van der Waals surface area contributed by atoms with E-state index in [2.05, 4.69) is 24.5 Å². The monoisotopic (exact) mass is 238 g/mol. The van der Waals surface area contributed by atoms with E-state index in [9.17, 15) is 4.79 Å². The molecule has 2 rings (SSSR count). The molecular weight excluding hydrogens is 212 g/mol. The first-order valence-corrected chi connectivity index (χ1v) is 7.18. The van der Waals surface area contributed by atoms with Crippen molar-refractivity contribution in [3.8, 4) is 0 Å². The molecule has 0 heterocycles. The fourth-order valence-electron chi connectivity index (χ4n) is 2.72. The van der Waals surface area contributed by atoms with Gasteiger partial charge in [0.25, 0.3) is 0 Å². The van der Waals surface area contributed by atoms with E-state index < -0.39 is 0 Å².